The van der Waals surface area contributed by atoms with Crippen LogP contribution in [-0.4, -0.2) is 17.3 Å². The lowest BCUT2D eigenvalue weighted by Gasteiger charge is -2.06. The van der Waals surface area contributed by atoms with Gasteiger partial charge < -0.3 is 10.5 Å². The topological polar surface area (TPSA) is 63.9 Å². The summed E-state index contributed by atoms with van der Waals surface area (Å²) in [5.41, 5.74) is 8.21. The quantitative estimate of drug-likeness (QED) is 0.706. The Morgan fingerprint density at radius 2 is 2.21 bits per heavy atom. The van der Waals surface area contributed by atoms with Gasteiger partial charge >= 0.3 is 0 Å². The lowest BCUT2D eigenvalue weighted by Crippen LogP contribution is -1.91. The molecular formula is C10H11N3O. The number of aromatic amines is 1. The molecule has 72 valence electrons. The first kappa shape index (κ1) is 8.62. The third kappa shape index (κ3) is 1.42. The molecule has 0 radical (unpaired) electrons. The van der Waals surface area contributed by atoms with E-state index in [1.165, 1.54) is 0 Å². The van der Waals surface area contributed by atoms with Gasteiger partial charge in [0, 0.05) is 23.5 Å². The fraction of sp³-hybridized carbons (Fsp3) is 0.100. The van der Waals surface area contributed by atoms with Crippen molar-refractivity contribution in [2.24, 2.45) is 0 Å². The highest BCUT2D eigenvalue weighted by Crippen LogP contribution is 2.29. The van der Waals surface area contributed by atoms with Gasteiger partial charge in [-0.3, -0.25) is 5.10 Å². The molecule has 14 heavy (non-hydrogen) atoms. The van der Waals surface area contributed by atoms with Crippen LogP contribution in [0.2, 0.25) is 0 Å². The molecular weight excluding hydrogens is 178 g/mol. The highest BCUT2D eigenvalue weighted by Gasteiger charge is 2.06. The highest BCUT2D eigenvalue weighted by atomic mass is 16.5. The van der Waals surface area contributed by atoms with Gasteiger partial charge in [0.05, 0.1) is 12.8 Å². The predicted molar refractivity (Wildman–Crippen MR) is 55.0 cm³/mol. The van der Waals surface area contributed by atoms with Gasteiger partial charge in [0.1, 0.15) is 5.75 Å². The monoisotopic (exact) mass is 189 g/mol. The van der Waals surface area contributed by atoms with E-state index < -0.39 is 0 Å². The Morgan fingerprint density at radius 3 is 2.86 bits per heavy atom. The second-order valence-corrected chi connectivity index (χ2v) is 2.93. The van der Waals surface area contributed by atoms with Crippen molar-refractivity contribution < 1.29 is 4.74 Å². The molecule has 4 nitrogen and oxygen atoms in total. The first-order chi connectivity index (χ1) is 6.81. The molecule has 1 aromatic heterocycles. The average Bonchev–Trinajstić information content (AvgIpc) is 2.70. The number of ether oxygens (including phenoxy) is 1. The molecule has 0 aliphatic heterocycles. The molecule has 0 amide bonds. The van der Waals surface area contributed by atoms with Crippen LogP contribution in [0.25, 0.3) is 11.3 Å². The Kier molecular flexibility index (Phi) is 2.10. The zero-order valence-electron chi connectivity index (χ0n) is 7.82. The van der Waals surface area contributed by atoms with Crippen LogP contribution in [-0.2, 0) is 0 Å². The molecule has 1 aromatic carbocycles. The number of nitrogen functional groups attached to an aromatic ring is 1. The second kappa shape index (κ2) is 3.41. The Bertz CT molecular complexity index is 423. The number of hydrogen-bond acceptors (Lipinski definition) is 3. The molecule has 2 aromatic rings. The average molecular weight is 189 g/mol. The van der Waals surface area contributed by atoms with E-state index in [2.05, 4.69) is 10.2 Å². The van der Waals surface area contributed by atoms with Crippen LogP contribution in [0.5, 0.6) is 5.75 Å². The van der Waals surface area contributed by atoms with Crippen molar-refractivity contribution >= 4 is 5.69 Å². The van der Waals surface area contributed by atoms with Crippen LogP contribution < -0.4 is 10.5 Å². The summed E-state index contributed by atoms with van der Waals surface area (Å²) in [5.74, 6) is 0.745. The number of hydrogen-bond donors (Lipinski definition) is 2. The van der Waals surface area contributed by atoms with Gasteiger partial charge in [-0.05, 0) is 18.2 Å². The number of nitrogens with one attached hydrogen (secondary N) is 1. The van der Waals surface area contributed by atoms with Crippen molar-refractivity contribution in [3.05, 3.63) is 30.5 Å². The summed E-state index contributed by atoms with van der Waals surface area (Å²) < 4.78 is 5.22. The van der Waals surface area contributed by atoms with Gasteiger partial charge in [-0.1, -0.05) is 0 Å². The van der Waals surface area contributed by atoms with Gasteiger partial charge in [0.2, 0.25) is 0 Å². The molecule has 1 heterocycles. The van der Waals surface area contributed by atoms with Crippen molar-refractivity contribution in [2.75, 3.05) is 12.8 Å². The molecule has 0 aliphatic carbocycles. The summed E-state index contributed by atoms with van der Waals surface area (Å²) >= 11 is 0. The maximum Gasteiger partial charge on any atom is 0.130 e. The van der Waals surface area contributed by atoms with Gasteiger partial charge in [-0.2, -0.15) is 5.10 Å². The number of aromatic nitrogens is 2. The first-order valence-electron chi connectivity index (χ1n) is 4.24. The molecule has 0 saturated heterocycles. The number of methoxy groups -OCH3 is 1. The molecule has 0 atom stereocenters. The predicted octanol–water partition coefficient (Wildman–Crippen LogP) is 1.67. The number of nitrogens with two attached hydrogens (primary N) is 1. The number of rotatable bonds is 2. The van der Waals surface area contributed by atoms with Gasteiger partial charge in [0.15, 0.2) is 0 Å². The maximum atomic E-state index is 5.65. The van der Waals surface area contributed by atoms with Crippen LogP contribution in [0.3, 0.4) is 0 Å². The summed E-state index contributed by atoms with van der Waals surface area (Å²) in [7, 11) is 1.62. The molecule has 0 fully saturated rings. The normalized spacial score (nSPS) is 10.1. The summed E-state index contributed by atoms with van der Waals surface area (Å²) in [6.07, 6.45) is 1.70. The zero-order chi connectivity index (χ0) is 9.97. The Labute approximate surface area is 81.7 Å². The third-order valence-corrected chi connectivity index (χ3v) is 2.02. The number of benzene rings is 1. The Balaban J connectivity index is 2.53. The fourth-order valence-corrected chi connectivity index (χ4v) is 1.34. The van der Waals surface area contributed by atoms with Crippen LogP contribution in [0.1, 0.15) is 0 Å². The lowest BCUT2D eigenvalue weighted by atomic mass is 10.1. The number of H-pyrrole nitrogens is 1. The van der Waals surface area contributed by atoms with E-state index in [0.29, 0.717) is 5.69 Å². The van der Waals surface area contributed by atoms with Crippen LogP contribution in [0.4, 0.5) is 5.69 Å². The second-order valence-electron chi connectivity index (χ2n) is 2.93. The summed E-state index contributed by atoms with van der Waals surface area (Å²) in [6, 6.07) is 7.41. The van der Waals surface area contributed by atoms with Crippen molar-refractivity contribution in [2.45, 2.75) is 0 Å². The van der Waals surface area contributed by atoms with Crippen molar-refractivity contribution in [1.29, 1.82) is 0 Å². The lowest BCUT2D eigenvalue weighted by molar-refractivity contribution is 0.416. The minimum atomic E-state index is 0.685. The number of anilines is 1. The van der Waals surface area contributed by atoms with E-state index in [1.54, 1.807) is 19.4 Å². The number of nitrogens with zero attached hydrogens (tertiary/aromatic N) is 1. The van der Waals surface area contributed by atoms with E-state index >= 15 is 0 Å². The van der Waals surface area contributed by atoms with E-state index in [-0.39, 0.29) is 0 Å². The summed E-state index contributed by atoms with van der Waals surface area (Å²) in [4.78, 5) is 0. The Morgan fingerprint density at radius 1 is 1.36 bits per heavy atom. The van der Waals surface area contributed by atoms with E-state index in [0.717, 1.165) is 17.0 Å². The minimum absolute atomic E-state index is 0.685. The van der Waals surface area contributed by atoms with Gasteiger partial charge in [0.25, 0.3) is 0 Å². The van der Waals surface area contributed by atoms with Gasteiger partial charge in [-0.15, -0.1) is 0 Å². The van der Waals surface area contributed by atoms with Crippen LogP contribution >= 0.6 is 0 Å². The van der Waals surface area contributed by atoms with Crippen molar-refractivity contribution in [1.82, 2.24) is 10.2 Å². The summed E-state index contributed by atoms with van der Waals surface area (Å²) in [6.45, 7) is 0. The molecule has 2 rings (SSSR count). The largest absolute Gasteiger partial charge is 0.496 e. The SMILES string of the molecule is COc1cc(N)ccc1-c1ccn[nH]1. The smallest absolute Gasteiger partial charge is 0.130 e. The highest BCUT2D eigenvalue weighted by molar-refractivity contribution is 5.69. The van der Waals surface area contributed by atoms with E-state index in [9.17, 15) is 0 Å². The van der Waals surface area contributed by atoms with Crippen LogP contribution in [0, 0.1) is 0 Å². The fourth-order valence-electron chi connectivity index (χ4n) is 1.34. The molecule has 4 heteroatoms. The third-order valence-electron chi connectivity index (χ3n) is 2.02. The van der Waals surface area contributed by atoms with Crippen molar-refractivity contribution in [3.63, 3.8) is 0 Å². The minimum Gasteiger partial charge on any atom is -0.496 e. The van der Waals surface area contributed by atoms with E-state index in [4.69, 9.17) is 10.5 Å². The molecule has 0 bridgehead atoms. The molecule has 3 N–H and O–H groups in total. The van der Waals surface area contributed by atoms with Gasteiger partial charge in [-0.25, -0.2) is 0 Å². The standard InChI is InChI=1S/C10H11N3O/c1-14-10-6-7(11)2-3-8(10)9-4-5-12-13-9/h2-6H,11H2,1H3,(H,12,13). The van der Waals surface area contributed by atoms with E-state index in [1.807, 2.05) is 18.2 Å². The molecule has 0 unspecified atom stereocenters. The molecule has 0 saturated carbocycles. The molecule has 0 spiro atoms. The van der Waals surface area contributed by atoms with Crippen LogP contribution in [0.15, 0.2) is 30.5 Å². The maximum absolute atomic E-state index is 5.65. The van der Waals surface area contributed by atoms with Crippen molar-refractivity contribution in [3.8, 4) is 17.0 Å². The molecule has 0 aliphatic rings. The summed E-state index contributed by atoms with van der Waals surface area (Å²) in [5, 5.41) is 6.76. The first-order valence-corrected chi connectivity index (χ1v) is 4.24. The zero-order valence-corrected chi connectivity index (χ0v) is 7.82. The Hall–Kier alpha value is -1.97.